The van der Waals surface area contributed by atoms with Gasteiger partial charge in [-0.05, 0) is 62.1 Å². The topological polar surface area (TPSA) is 49.6 Å². The molecular formula is C22H32FN3O. The minimum Gasteiger partial charge on any atom is -0.340 e. The number of benzene rings is 1. The Bertz CT molecular complexity index is 659. The third-order valence-electron chi connectivity index (χ3n) is 7.27. The van der Waals surface area contributed by atoms with Crippen LogP contribution in [0.4, 0.5) is 4.39 Å². The summed E-state index contributed by atoms with van der Waals surface area (Å²) in [4.78, 5) is 17.5. The number of halogens is 1. The largest absolute Gasteiger partial charge is 0.340 e. The molecule has 2 bridgehead atoms. The molecule has 4 nitrogen and oxygen atoms in total. The quantitative estimate of drug-likeness (QED) is 0.885. The van der Waals surface area contributed by atoms with Crippen LogP contribution in [-0.4, -0.2) is 47.9 Å². The summed E-state index contributed by atoms with van der Waals surface area (Å²) in [6, 6.07) is 7.34. The highest BCUT2D eigenvalue weighted by Crippen LogP contribution is 2.42. The van der Waals surface area contributed by atoms with E-state index < -0.39 is 0 Å². The molecule has 0 aromatic heterocycles. The van der Waals surface area contributed by atoms with Crippen LogP contribution in [0.2, 0.25) is 0 Å². The summed E-state index contributed by atoms with van der Waals surface area (Å²) in [6.07, 6.45) is 5.63. The van der Waals surface area contributed by atoms with E-state index in [0.717, 1.165) is 44.6 Å². The molecule has 148 valence electrons. The van der Waals surface area contributed by atoms with Gasteiger partial charge < -0.3 is 10.6 Å². The van der Waals surface area contributed by atoms with E-state index in [1.807, 2.05) is 6.07 Å². The van der Waals surface area contributed by atoms with Gasteiger partial charge in [0.15, 0.2) is 0 Å². The average molecular weight is 374 g/mol. The first-order chi connectivity index (χ1) is 13.0. The fourth-order valence-electron chi connectivity index (χ4n) is 5.56. The maximum absolute atomic E-state index is 13.5. The van der Waals surface area contributed by atoms with Crippen molar-refractivity contribution in [3.8, 4) is 0 Å². The number of carbonyl (C=O) groups is 1. The first kappa shape index (κ1) is 18.9. The molecule has 1 aromatic rings. The lowest BCUT2D eigenvalue weighted by Gasteiger charge is -2.45. The third kappa shape index (κ3) is 3.90. The molecule has 0 spiro atoms. The summed E-state index contributed by atoms with van der Waals surface area (Å²) < 4.78 is 13.5. The Morgan fingerprint density at radius 3 is 2.44 bits per heavy atom. The van der Waals surface area contributed by atoms with Gasteiger partial charge in [-0.3, -0.25) is 9.69 Å². The van der Waals surface area contributed by atoms with Gasteiger partial charge >= 0.3 is 0 Å². The van der Waals surface area contributed by atoms with Crippen LogP contribution in [-0.2, 0) is 4.79 Å². The van der Waals surface area contributed by atoms with E-state index in [2.05, 4.69) is 16.7 Å². The number of fused-ring (bicyclic) bond motifs is 2. The number of hydrogen-bond acceptors (Lipinski definition) is 3. The van der Waals surface area contributed by atoms with E-state index in [0.29, 0.717) is 23.8 Å². The lowest BCUT2D eigenvalue weighted by Crippen LogP contribution is -2.53. The van der Waals surface area contributed by atoms with Gasteiger partial charge in [-0.15, -0.1) is 0 Å². The zero-order valence-corrected chi connectivity index (χ0v) is 16.3. The molecule has 2 N–H and O–H groups in total. The summed E-state index contributed by atoms with van der Waals surface area (Å²) in [5, 5.41) is 0. The minimum atomic E-state index is -0.186. The van der Waals surface area contributed by atoms with Gasteiger partial charge in [0.25, 0.3) is 0 Å². The monoisotopic (exact) mass is 373 g/mol. The van der Waals surface area contributed by atoms with Crippen LogP contribution in [0, 0.1) is 23.6 Å². The number of nitrogens with zero attached hydrogens (tertiary/aromatic N) is 2. The maximum Gasteiger partial charge on any atom is 0.225 e. The maximum atomic E-state index is 13.5. The van der Waals surface area contributed by atoms with E-state index >= 15 is 0 Å². The van der Waals surface area contributed by atoms with Crippen LogP contribution in [0.1, 0.15) is 50.6 Å². The Balaban J connectivity index is 1.33. The molecule has 1 saturated heterocycles. The van der Waals surface area contributed by atoms with Gasteiger partial charge in [-0.2, -0.15) is 0 Å². The Morgan fingerprint density at radius 1 is 1.15 bits per heavy atom. The van der Waals surface area contributed by atoms with Crippen molar-refractivity contribution in [1.82, 2.24) is 9.80 Å². The van der Waals surface area contributed by atoms with E-state index in [1.165, 1.54) is 25.3 Å². The van der Waals surface area contributed by atoms with Gasteiger partial charge in [0.1, 0.15) is 5.82 Å². The van der Waals surface area contributed by atoms with Crippen molar-refractivity contribution in [1.29, 1.82) is 0 Å². The van der Waals surface area contributed by atoms with Crippen LogP contribution < -0.4 is 5.73 Å². The summed E-state index contributed by atoms with van der Waals surface area (Å²) in [5.41, 5.74) is 7.39. The number of carbonyl (C=O) groups excluding carboxylic acids is 1. The molecule has 1 aromatic carbocycles. The standard InChI is InChI=1S/C22H32FN3O/c1-15(16-4-3-7-20(23)14-16)25-8-10-26(11-9-25)22(27)19-12-17-5-2-6-18(13-19)21(17)24/h3-4,7,14-15,17-19,21H,2,5-6,8-13,24H2,1H3. The van der Waals surface area contributed by atoms with Crippen molar-refractivity contribution in [3.05, 3.63) is 35.6 Å². The van der Waals surface area contributed by atoms with Crippen molar-refractivity contribution >= 4 is 5.91 Å². The molecule has 2 aliphatic carbocycles. The lowest BCUT2D eigenvalue weighted by molar-refractivity contribution is -0.140. The van der Waals surface area contributed by atoms with Gasteiger partial charge in [-0.1, -0.05) is 18.6 Å². The second kappa shape index (κ2) is 7.88. The Kier molecular flexibility index (Phi) is 5.51. The predicted octanol–water partition coefficient (Wildman–Crippen LogP) is 3.18. The highest BCUT2D eigenvalue weighted by atomic mass is 19.1. The molecule has 3 atom stereocenters. The lowest BCUT2D eigenvalue weighted by atomic mass is 9.65. The van der Waals surface area contributed by atoms with Crippen LogP contribution in [0.15, 0.2) is 24.3 Å². The van der Waals surface area contributed by atoms with E-state index in [-0.39, 0.29) is 17.8 Å². The molecular weight excluding hydrogens is 341 g/mol. The molecule has 4 rings (SSSR count). The second-order valence-corrected chi connectivity index (χ2v) is 8.79. The van der Waals surface area contributed by atoms with Gasteiger partial charge in [0.2, 0.25) is 5.91 Å². The van der Waals surface area contributed by atoms with Crippen molar-refractivity contribution in [2.24, 2.45) is 23.5 Å². The van der Waals surface area contributed by atoms with Gasteiger partial charge in [0.05, 0.1) is 0 Å². The number of piperazine rings is 1. The molecule has 2 saturated carbocycles. The Labute approximate surface area is 161 Å². The number of amides is 1. The molecule has 0 radical (unpaired) electrons. The summed E-state index contributed by atoms with van der Waals surface area (Å²) in [6.45, 7) is 5.37. The summed E-state index contributed by atoms with van der Waals surface area (Å²) in [7, 11) is 0. The van der Waals surface area contributed by atoms with Crippen LogP contribution in [0.3, 0.4) is 0 Å². The van der Waals surface area contributed by atoms with Crippen molar-refractivity contribution in [2.75, 3.05) is 26.2 Å². The zero-order chi connectivity index (χ0) is 19.0. The molecule has 27 heavy (non-hydrogen) atoms. The molecule has 1 aliphatic heterocycles. The fraction of sp³-hybridized carbons (Fsp3) is 0.682. The number of hydrogen-bond donors (Lipinski definition) is 1. The molecule has 3 fully saturated rings. The molecule has 1 heterocycles. The van der Waals surface area contributed by atoms with E-state index in [1.54, 1.807) is 12.1 Å². The fourth-order valence-corrected chi connectivity index (χ4v) is 5.56. The molecule has 3 unspecified atom stereocenters. The Hall–Kier alpha value is -1.46. The number of rotatable bonds is 3. The third-order valence-corrected chi connectivity index (χ3v) is 7.27. The van der Waals surface area contributed by atoms with Gasteiger partial charge in [-0.25, -0.2) is 4.39 Å². The molecule has 5 heteroatoms. The summed E-state index contributed by atoms with van der Waals surface area (Å²) >= 11 is 0. The second-order valence-electron chi connectivity index (χ2n) is 8.79. The van der Waals surface area contributed by atoms with E-state index in [9.17, 15) is 9.18 Å². The normalized spacial score (nSPS) is 32.9. The predicted molar refractivity (Wildman–Crippen MR) is 104 cm³/mol. The highest BCUT2D eigenvalue weighted by molar-refractivity contribution is 5.79. The zero-order valence-electron chi connectivity index (χ0n) is 16.3. The molecule has 1 amide bonds. The van der Waals surface area contributed by atoms with E-state index in [4.69, 9.17) is 5.73 Å². The van der Waals surface area contributed by atoms with Crippen molar-refractivity contribution < 1.29 is 9.18 Å². The highest BCUT2D eigenvalue weighted by Gasteiger charge is 2.42. The molecule has 3 aliphatic rings. The minimum absolute atomic E-state index is 0.171. The van der Waals surface area contributed by atoms with Gasteiger partial charge in [0, 0.05) is 44.2 Å². The van der Waals surface area contributed by atoms with Crippen molar-refractivity contribution in [2.45, 2.75) is 51.1 Å². The summed E-state index contributed by atoms with van der Waals surface area (Å²) in [5.74, 6) is 1.42. The average Bonchev–Trinajstić information content (AvgIpc) is 2.67. The Morgan fingerprint density at radius 2 is 1.81 bits per heavy atom. The van der Waals surface area contributed by atoms with Crippen LogP contribution >= 0.6 is 0 Å². The van der Waals surface area contributed by atoms with Crippen LogP contribution in [0.5, 0.6) is 0 Å². The van der Waals surface area contributed by atoms with Crippen molar-refractivity contribution in [3.63, 3.8) is 0 Å². The number of nitrogens with two attached hydrogens (primary N) is 1. The first-order valence-corrected chi connectivity index (χ1v) is 10.6. The SMILES string of the molecule is CC(c1cccc(F)c1)N1CCN(C(=O)C2CC3CCCC(C2)C3N)CC1. The van der Waals surface area contributed by atoms with Crippen LogP contribution in [0.25, 0.3) is 0 Å². The smallest absolute Gasteiger partial charge is 0.225 e. The first-order valence-electron chi connectivity index (χ1n) is 10.6.